The van der Waals surface area contributed by atoms with Crippen molar-refractivity contribution in [3.05, 3.63) is 95.3 Å². The van der Waals surface area contributed by atoms with Crippen molar-refractivity contribution >= 4 is 34.2 Å². The van der Waals surface area contributed by atoms with Gasteiger partial charge in [-0.15, -0.1) is 0 Å². The van der Waals surface area contributed by atoms with E-state index in [0.717, 1.165) is 27.6 Å². The first-order valence-electron chi connectivity index (χ1n) is 15.0. The van der Waals surface area contributed by atoms with Gasteiger partial charge in [-0.25, -0.2) is 23.9 Å². The number of ether oxygens (including phenoxy) is 2. The van der Waals surface area contributed by atoms with Crippen molar-refractivity contribution < 1.29 is 60.0 Å². The third-order valence-electron chi connectivity index (χ3n) is 7.10. The number of imidazole rings is 1. The molecule has 3 aromatic carbocycles. The number of halogens is 7. The number of H-pyrrole nitrogens is 1. The maximum Gasteiger partial charge on any atom is 0.490 e. The molecule has 0 radical (unpaired) electrons. The van der Waals surface area contributed by atoms with Crippen LogP contribution >= 0.6 is 0 Å². The van der Waals surface area contributed by atoms with Crippen LogP contribution in [0.5, 0.6) is 11.5 Å². The highest BCUT2D eigenvalue weighted by atomic mass is 19.4. The predicted octanol–water partition coefficient (Wildman–Crippen LogP) is 7.34. The zero-order valence-electron chi connectivity index (χ0n) is 27.6. The number of benzene rings is 3. The van der Waals surface area contributed by atoms with Crippen LogP contribution in [0.4, 0.5) is 42.2 Å². The summed E-state index contributed by atoms with van der Waals surface area (Å²) in [4.78, 5) is 30.6. The first kappa shape index (κ1) is 40.4. The highest BCUT2D eigenvalue weighted by Crippen LogP contribution is 2.39. The number of pyridine rings is 1. The molecular formula is C34H32F7N5O6. The zero-order chi connectivity index (χ0) is 39.0. The summed E-state index contributed by atoms with van der Waals surface area (Å²) in [6, 6.07) is 18.6. The van der Waals surface area contributed by atoms with Crippen molar-refractivity contribution in [1.82, 2.24) is 15.0 Å². The SMILES string of the molecule is CCOc1cc(CC)cc(C(c2cc3cc(N)ccc3c(N)n2)c2ncc(-c3ccccc3OC)[nH]2)c1F.O=C(O)C(F)(F)F.O=C(O)C(F)(F)F. The van der Waals surface area contributed by atoms with Crippen LogP contribution in [0.25, 0.3) is 22.0 Å². The number of nitrogens with zero attached hydrogens (tertiary/aromatic N) is 2. The monoisotopic (exact) mass is 739 g/mol. The quantitative estimate of drug-likeness (QED) is 0.0796. The van der Waals surface area contributed by atoms with Crippen molar-refractivity contribution in [2.75, 3.05) is 25.2 Å². The van der Waals surface area contributed by atoms with Gasteiger partial charge in [-0.1, -0.05) is 25.1 Å². The lowest BCUT2D eigenvalue weighted by Gasteiger charge is -2.20. The van der Waals surface area contributed by atoms with Gasteiger partial charge in [0.1, 0.15) is 17.4 Å². The Bertz CT molecular complexity index is 2010. The summed E-state index contributed by atoms with van der Waals surface area (Å²) in [5, 5.41) is 15.8. The molecule has 1 unspecified atom stereocenters. The normalized spacial score (nSPS) is 11.8. The van der Waals surface area contributed by atoms with E-state index in [2.05, 4.69) is 4.98 Å². The molecule has 0 aliphatic heterocycles. The molecule has 2 heterocycles. The van der Waals surface area contributed by atoms with E-state index < -0.39 is 36.0 Å². The topological polar surface area (TPSA) is 187 Å². The lowest BCUT2D eigenvalue weighted by atomic mass is 9.90. The summed E-state index contributed by atoms with van der Waals surface area (Å²) < 4.78 is 90.7. The van der Waals surface area contributed by atoms with Gasteiger partial charge >= 0.3 is 24.3 Å². The minimum atomic E-state index is -5.08. The summed E-state index contributed by atoms with van der Waals surface area (Å²) in [6.45, 7) is 4.19. The van der Waals surface area contributed by atoms with E-state index >= 15 is 4.39 Å². The Labute approximate surface area is 291 Å². The molecule has 0 bridgehead atoms. The second-order valence-corrected chi connectivity index (χ2v) is 10.6. The second-order valence-electron chi connectivity index (χ2n) is 10.6. The summed E-state index contributed by atoms with van der Waals surface area (Å²) in [5.74, 6) is -4.94. The number of fused-ring (bicyclic) bond motifs is 1. The molecule has 7 N–H and O–H groups in total. The van der Waals surface area contributed by atoms with Crippen molar-refractivity contribution in [2.45, 2.75) is 38.5 Å². The number of hydrogen-bond acceptors (Lipinski definition) is 8. The number of aliphatic carboxylic acids is 2. The number of anilines is 2. The van der Waals surface area contributed by atoms with Crippen LogP contribution in [-0.4, -0.2) is 63.2 Å². The summed E-state index contributed by atoms with van der Waals surface area (Å²) in [6.07, 6.45) is -7.75. The van der Waals surface area contributed by atoms with Crippen LogP contribution in [0, 0.1) is 5.82 Å². The van der Waals surface area contributed by atoms with Gasteiger partial charge in [0.25, 0.3) is 0 Å². The molecular weight excluding hydrogens is 707 g/mol. The fourth-order valence-electron chi connectivity index (χ4n) is 4.76. The Hall–Kier alpha value is -6.07. The van der Waals surface area contributed by atoms with E-state index in [1.807, 2.05) is 62.4 Å². The first-order chi connectivity index (χ1) is 24.3. The lowest BCUT2D eigenvalue weighted by molar-refractivity contribution is -0.193. The maximum atomic E-state index is 16.1. The van der Waals surface area contributed by atoms with Gasteiger partial charge in [-0.05, 0) is 66.8 Å². The van der Waals surface area contributed by atoms with Gasteiger partial charge in [0.05, 0.1) is 37.2 Å². The molecule has 0 amide bonds. The van der Waals surface area contributed by atoms with Gasteiger partial charge in [0, 0.05) is 22.2 Å². The molecule has 0 aliphatic carbocycles. The first-order valence-corrected chi connectivity index (χ1v) is 15.0. The zero-order valence-corrected chi connectivity index (χ0v) is 27.6. The Balaban J connectivity index is 0.000000441. The van der Waals surface area contributed by atoms with E-state index in [0.29, 0.717) is 47.4 Å². The lowest BCUT2D eigenvalue weighted by Crippen LogP contribution is -2.21. The molecule has 18 heteroatoms. The average Bonchev–Trinajstić information content (AvgIpc) is 3.55. The van der Waals surface area contributed by atoms with Crippen LogP contribution < -0.4 is 20.9 Å². The number of nitrogens with one attached hydrogen (secondary N) is 1. The molecule has 0 saturated carbocycles. The van der Waals surface area contributed by atoms with Crippen LogP contribution in [0.2, 0.25) is 0 Å². The van der Waals surface area contributed by atoms with Gasteiger partial charge in [0.2, 0.25) is 0 Å². The molecule has 5 rings (SSSR count). The summed E-state index contributed by atoms with van der Waals surface area (Å²) >= 11 is 0. The van der Waals surface area contributed by atoms with Gasteiger partial charge in [-0.2, -0.15) is 26.3 Å². The molecule has 0 aliphatic rings. The van der Waals surface area contributed by atoms with E-state index in [4.69, 9.17) is 50.7 Å². The third-order valence-corrected chi connectivity index (χ3v) is 7.10. The molecule has 11 nitrogen and oxygen atoms in total. The molecule has 5 aromatic rings. The summed E-state index contributed by atoms with van der Waals surface area (Å²) in [7, 11) is 1.62. The number of carboxylic acid groups (broad SMARTS) is 2. The van der Waals surface area contributed by atoms with Crippen molar-refractivity contribution in [3.63, 3.8) is 0 Å². The Morgan fingerprint density at radius 3 is 2.08 bits per heavy atom. The number of carboxylic acids is 2. The molecule has 1 atom stereocenters. The standard InChI is InChI=1S/C30H30FN5O2.2C2HF3O2/c1-4-17-12-22(28(31)26(13-17)38-5-2)27(23-15-18-14-19(32)10-11-20(18)29(33)35-23)30-34-16-24(36-30)21-8-6-7-9-25(21)37-3;2*3-2(4,5)1(6)7/h6-16,27H,4-5,32H2,1-3H3,(H2,33,35)(H,34,36);2*(H,6,7). The number of rotatable bonds is 8. The minimum Gasteiger partial charge on any atom is -0.496 e. The number of aromatic nitrogens is 3. The number of aryl methyl sites for hydroxylation is 1. The number of alkyl halides is 6. The Morgan fingerprint density at radius 2 is 1.52 bits per heavy atom. The average molecular weight is 740 g/mol. The molecule has 52 heavy (non-hydrogen) atoms. The number of hydrogen-bond donors (Lipinski definition) is 5. The fourth-order valence-corrected chi connectivity index (χ4v) is 4.76. The Kier molecular flexibility index (Phi) is 13.0. The van der Waals surface area contributed by atoms with Crippen LogP contribution in [0.1, 0.15) is 42.4 Å². The number of nitrogens with two attached hydrogens (primary N) is 2. The number of aromatic amines is 1. The van der Waals surface area contributed by atoms with Crippen LogP contribution in [0.15, 0.2) is 66.9 Å². The summed E-state index contributed by atoms with van der Waals surface area (Å²) in [5.41, 5.74) is 16.5. The van der Waals surface area contributed by atoms with Crippen LogP contribution in [-0.2, 0) is 16.0 Å². The highest BCUT2D eigenvalue weighted by molar-refractivity contribution is 5.93. The van der Waals surface area contributed by atoms with Crippen molar-refractivity contribution in [1.29, 1.82) is 0 Å². The van der Waals surface area contributed by atoms with Gasteiger partial charge < -0.3 is 36.1 Å². The minimum absolute atomic E-state index is 0.196. The second kappa shape index (κ2) is 16.8. The van der Waals surface area contributed by atoms with Crippen LogP contribution in [0.3, 0.4) is 0 Å². The number of methoxy groups -OCH3 is 1. The smallest absolute Gasteiger partial charge is 0.490 e. The predicted molar refractivity (Wildman–Crippen MR) is 176 cm³/mol. The molecule has 0 fully saturated rings. The Morgan fingerprint density at radius 1 is 0.904 bits per heavy atom. The number of para-hydroxylation sites is 1. The van der Waals surface area contributed by atoms with E-state index in [1.54, 1.807) is 25.4 Å². The van der Waals surface area contributed by atoms with Gasteiger partial charge in [0.15, 0.2) is 11.6 Å². The number of nitrogen functional groups attached to an aromatic ring is 2. The largest absolute Gasteiger partial charge is 0.496 e. The number of carbonyl (C=O) groups is 2. The van der Waals surface area contributed by atoms with Crippen molar-refractivity contribution in [3.8, 4) is 22.8 Å². The maximum absolute atomic E-state index is 16.1. The third kappa shape index (κ3) is 10.0. The highest BCUT2D eigenvalue weighted by Gasteiger charge is 2.39. The van der Waals surface area contributed by atoms with Gasteiger partial charge in [-0.3, -0.25) is 0 Å². The van der Waals surface area contributed by atoms with E-state index in [9.17, 15) is 26.3 Å². The molecule has 0 spiro atoms. The van der Waals surface area contributed by atoms with Crippen molar-refractivity contribution in [2.24, 2.45) is 0 Å². The van der Waals surface area contributed by atoms with E-state index in [1.165, 1.54) is 0 Å². The molecule has 2 aromatic heterocycles. The molecule has 0 saturated heterocycles. The molecule has 278 valence electrons. The fraction of sp³-hybridized carbons (Fsp3) is 0.235. The van der Waals surface area contributed by atoms with E-state index in [-0.39, 0.29) is 5.75 Å².